The highest BCUT2D eigenvalue weighted by atomic mass is 16.5. The van der Waals surface area contributed by atoms with Gasteiger partial charge in [0.25, 0.3) is 0 Å². The van der Waals surface area contributed by atoms with E-state index in [0.29, 0.717) is 12.3 Å². The van der Waals surface area contributed by atoms with Crippen LogP contribution in [0.15, 0.2) is 30.5 Å². The maximum Gasteiger partial charge on any atom is 0.322 e. The molecule has 0 spiro atoms. The van der Waals surface area contributed by atoms with Gasteiger partial charge in [0.15, 0.2) is 11.5 Å². The fourth-order valence-electron chi connectivity index (χ4n) is 2.30. The van der Waals surface area contributed by atoms with E-state index in [2.05, 4.69) is 23.8 Å². The van der Waals surface area contributed by atoms with E-state index in [1.165, 1.54) is 0 Å². The molecule has 2 aromatic rings. The second-order valence-electron chi connectivity index (χ2n) is 5.42. The smallest absolute Gasteiger partial charge is 0.322 e. The minimum atomic E-state index is -0.207. The van der Waals surface area contributed by atoms with Crippen LogP contribution < -0.4 is 15.2 Å². The highest BCUT2D eigenvalue weighted by Gasteiger charge is 2.32. The average molecular weight is 271 g/mol. The van der Waals surface area contributed by atoms with Crippen molar-refractivity contribution in [2.45, 2.75) is 32.4 Å². The fourth-order valence-corrected chi connectivity index (χ4v) is 2.30. The normalized spacial score (nSPS) is 15.6. The third kappa shape index (κ3) is 2.44. The number of ether oxygens (including phenoxy) is 2. The Morgan fingerprint density at radius 3 is 3.00 bits per heavy atom. The van der Waals surface area contributed by atoms with Gasteiger partial charge in [-0.2, -0.15) is 4.98 Å². The third-order valence-corrected chi connectivity index (χ3v) is 3.16. The van der Waals surface area contributed by atoms with Crippen LogP contribution in [0.5, 0.6) is 17.5 Å². The lowest BCUT2D eigenvalue weighted by Crippen LogP contribution is -2.24. The van der Waals surface area contributed by atoms with Crippen molar-refractivity contribution in [1.82, 2.24) is 9.97 Å². The van der Waals surface area contributed by atoms with Gasteiger partial charge in [0.1, 0.15) is 5.60 Å². The molecule has 0 fully saturated rings. The van der Waals surface area contributed by atoms with Crippen LogP contribution in [-0.2, 0) is 13.0 Å². The second-order valence-corrected chi connectivity index (χ2v) is 5.42. The molecule has 1 aliphatic heterocycles. The second kappa shape index (κ2) is 4.76. The topological polar surface area (TPSA) is 70.3 Å². The predicted octanol–water partition coefficient (Wildman–Crippen LogP) is 2.44. The summed E-state index contributed by atoms with van der Waals surface area (Å²) >= 11 is 0. The molecule has 0 atom stereocenters. The average Bonchev–Trinajstić information content (AvgIpc) is 2.74. The van der Waals surface area contributed by atoms with Crippen molar-refractivity contribution in [3.63, 3.8) is 0 Å². The van der Waals surface area contributed by atoms with Crippen LogP contribution in [0.4, 0.5) is 0 Å². The molecule has 0 amide bonds. The first-order valence-electron chi connectivity index (χ1n) is 6.58. The number of hydrogen-bond acceptors (Lipinski definition) is 5. The molecule has 1 aromatic carbocycles. The van der Waals surface area contributed by atoms with Gasteiger partial charge in [0.2, 0.25) is 0 Å². The van der Waals surface area contributed by atoms with E-state index < -0.39 is 0 Å². The highest BCUT2D eigenvalue weighted by molar-refractivity contribution is 5.50. The number of hydrogen-bond donors (Lipinski definition) is 1. The van der Waals surface area contributed by atoms with Crippen molar-refractivity contribution in [3.8, 4) is 17.5 Å². The Morgan fingerprint density at radius 1 is 1.35 bits per heavy atom. The summed E-state index contributed by atoms with van der Waals surface area (Å²) in [4.78, 5) is 8.33. The summed E-state index contributed by atoms with van der Waals surface area (Å²) in [6.45, 7) is 4.47. The number of benzene rings is 1. The molecule has 0 bridgehead atoms. The van der Waals surface area contributed by atoms with Gasteiger partial charge >= 0.3 is 6.01 Å². The van der Waals surface area contributed by atoms with Gasteiger partial charge in [-0.15, -0.1) is 0 Å². The Bertz CT molecular complexity index is 641. The van der Waals surface area contributed by atoms with Crippen molar-refractivity contribution in [2.24, 2.45) is 5.73 Å². The zero-order valence-electron chi connectivity index (χ0n) is 11.6. The summed E-state index contributed by atoms with van der Waals surface area (Å²) in [7, 11) is 0. The molecule has 0 radical (unpaired) electrons. The number of aromatic nitrogens is 2. The lowest BCUT2D eigenvalue weighted by molar-refractivity contribution is 0.134. The van der Waals surface area contributed by atoms with Gasteiger partial charge < -0.3 is 15.2 Å². The third-order valence-electron chi connectivity index (χ3n) is 3.16. The summed E-state index contributed by atoms with van der Waals surface area (Å²) in [5.74, 6) is 1.42. The molecule has 20 heavy (non-hydrogen) atoms. The van der Waals surface area contributed by atoms with E-state index in [9.17, 15) is 0 Å². The van der Waals surface area contributed by atoms with E-state index >= 15 is 0 Å². The van der Waals surface area contributed by atoms with Gasteiger partial charge in [0.05, 0.1) is 5.69 Å². The van der Waals surface area contributed by atoms with Crippen LogP contribution in [0.3, 0.4) is 0 Å². The minimum absolute atomic E-state index is 0.207. The SMILES string of the molecule is CC1(C)Cc2cccc(Oc3nccc(CN)n3)c2O1. The largest absolute Gasteiger partial charge is 0.483 e. The quantitative estimate of drug-likeness (QED) is 0.928. The molecule has 0 saturated heterocycles. The highest BCUT2D eigenvalue weighted by Crippen LogP contribution is 2.42. The van der Waals surface area contributed by atoms with E-state index in [-0.39, 0.29) is 11.6 Å². The summed E-state index contributed by atoms with van der Waals surface area (Å²) in [6.07, 6.45) is 2.50. The molecule has 3 rings (SSSR count). The minimum Gasteiger partial charge on any atom is -0.483 e. The van der Waals surface area contributed by atoms with Gasteiger partial charge in [-0.25, -0.2) is 4.98 Å². The number of nitrogens with zero attached hydrogens (tertiary/aromatic N) is 2. The maximum atomic E-state index is 5.95. The van der Waals surface area contributed by atoms with Crippen LogP contribution in [-0.4, -0.2) is 15.6 Å². The summed E-state index contributed by atoms with van der Waals surface area (Å²) in [6, 6.07) is 7.91. The molecule has 5 nitrogen and oxygen atoms in total. The fraction of sp³-hybridized carbons (Fsp3) is 0.333. The first kappa shape index (κ1) is 12.9. The van der Waals surface area contributed by atoms with Crippen LogP contribution >= 0.6 is 0 Å². The maximum absolute atomic E-state index is 5.95. The monoisotopic (exact) mass is 271 g/mol. The Kier molecular flexibility index (Phi) is 3.06. The first-order chi connectivity index (χ1) is 9.57. The summed E-state index contributed by atoms with van der Waals surface area (Å²) in [5, 5.41) is 0. The predicted molar refractivity (Wildman–Crippen MR) is 74.9 cm³/mol. The van der Waals surface area contributed by atoms with Crippen molar-refractivity contribution in [3.05, 3.63) is 41.7 Å². The molecule has 1 aliphatic rings. The Balaban J connectivity index is 1.91. The van der Waals surface area contributed by atoms with Crippen LogP contribution in [0.1, 0.15) is 25.1 Å². The molecule has 104 valence electrons. The molecule has 0 saturated carbocycles. The molecular weight excluding hydrogens is 254 g/mol. The number of nitrogens with two attached hydrogens (primary N) is 1. The van der Waals surface area contributed by atoms with Gasteiger partial charge in [0, 0.05) is 24.7 Å². The Hall–Kier alpha value is -2.14. The number of fused-ring (bicyclic) bond motifs is 1. The van der Waals surface area contributed by atoms with E-state index in [1.54, 1.807) is 12.3 Å². The van der Waals surface area contributed by atoms with Crippen LogP contribution in [0, 0.1) is 0 Å². The summed E-state index contributed by atoms with van der Waals surface area (Å²) in [5.41, 5.74) is 7.24. The standard InChI is InChI=1S/C15H17N3O2/c1-15(2)8-10-4-3-5-12(13(10)20-15)19-14-17-7-6-11(9-16)18-14/h3-7H,8-9,16H2,1-2H3. The van der Waals surface area contributed by atoms with Crippen molar-refractivity contribution >= 4 is 0 Å². The Labute approximate surface area is 117 Å². The Morgan fingerprint density at radius 2 is 2.20 bits per heavy atom. The molecule has 0 aliphatic carbocycles. The first-order valence-corrected chi connectivity index (χ1v) is 6.58. The molecule has 2 heterocycles. The van der Waals surface area contributed by atoms with Crippen molar-refractivity contribution in [2.75, 3.05) is 0 Å². The number of rotatable bonds is 3. The lowest BCUT2D eigenvalue weighted by atomic mass is 10.0. The van der Waals surface area contributed by atoms with Crippen LogP contribution in [0.25, 0.3) is 0 Å². The molecular formula is C15H17N3O2. The van der Waals surface area contributed by atoms with Gasteiger partial charge in [-0.05, 0) is 26.0 Å². The van der Waals surface area contributed by atoms with E-state index in [4.69, 9.17) is 15.2 Å². The lowest BCUT2D eigenvalue weighted by Gasteiger charge is -2.17. The van der Waals surface area contributed by atoms with Gasteiger partial charge in [-0.1, -0.05) is 12.1 Å². The zero-order valence-corrected chi connectivity index (χ0v) is 11.6. The molecule has 1 aromatic heterocycles. The number of para-hydroxylation sites is 1. The zero-order chi connectivity index (χ0) is 14.2. The molecule has 2 N–H and O–H groups in total. The van der Waals surface area contributed by atoms with Gasteiger partial charge in [-0.3, -0.25) is 0 Å². The van der Waals surface area contributed by atoms with Crippen molar-refractivity contribution in [1.29, 1.82) is 0 Å². The molecule has 5 heteroatoms. The molecule has 0 unspecified atom stereocenters. The van der Waals surface area contributed by atoms with Crippen molar-refractivity contribution < 1.29 is 9.47 Å². The summed E-state index contributed by atoms with van der Waals surface area (Å²) < 4.78 is 11.7. The van der Waals surface area contributed by atoms with Crippen LogP contribution in [0.2, 0.25) is 0 Å². The van der Waals surface area contributed by atoms with E-state index in [1.807, 2.05) is 18.2 Å². The van der Waals surface area contributed by atoms with E-state index in [0.717, 1.165) is 23.4 Å².